The first-order chi connectivity index (χ1) is 11.9. The lowest BCUT2D eigenvalue weighted by Gasteiger charge is -2.08. The number of nitrogens with one attached hydrogen (secondary N) is 1. The number of hydrogen-bond acceptors (Lipinski definition) is 6. The Morgan fingerprint density at radius 3 is 2.44 bits per heavy atom. The third-order valence-corrected chi connectivity index (χ3v) is 3.45. The number of hydrogen-bond donors (Lipinski definition) is 2. The van der Waals surface area contributed by atoms with E-state index in [-0.39, 0.29) is 16.9 Å². The van der Waals surface area contributed by atoms with E-state index in [0.717, 1.165) is 24.1 Å². The average Bonchev–Trinajstić information content (AvgIpc) is 2.60. The van der Waals surface area contributed by atoms with Crippen molar-refractivity contribution in [1.82, 2.24) is 0 Å². The minimum atomic E-state index is -0.830. The Labute approximate surface area is 143 Å². The van der Waals surface area contributed by atoms with E-state index in [1.165, 1.54) is 6.07 Å². The molecule has 8 nitrogen and oxygen atoms in total. The highest BCUT2D eigenvalue weighted by Crippen LogP contribution is 2.20. The van der Waals surface area contributed by atoms with Crippen LogP contribution in [0.4, 0.5) is 17.1 Å². The number of benzene rings is 2. The quantitative estimate of drug-likeness (QED) is 0.359. The molecule has 25 heavy (non-hydrogen) atoms. The number of rotatable bonds is 6. The maximum atomic E-state index is 11.9. The van der Waals surface area contributed by atoms with Gasteiger partial charge in [-0.15, -0.1) is 0 Å². The molecule has 3 N–H and O–H groups in total. The number of carbonyl (C=O) groups excluding carboxylic acids is 2. The summed E-state index contributed by atoms with van der Waals surface area (Å²) < 4.78 is 4.89. The van der Waals surface area contributed by atoms with Crippen molar-refractivity contribution in [3.8, 4) is 0 Å². The number of non-ortho nitro benzene ring substituents is 1. The van der Waals surface area contributed by atoms with E-state index in [1.54, 1.807) is 12.1 Å². The van der Waals surface area contributed by atoms with E-state index >= 15 is 0 Å². The molecule has 0 saturated carbocycles. The fourth-order valence-corrected chi connectivity index (χ4v) is 2.08. The summed E-state index contributed by atoms with van der Waals surface area (Å²) in [6, 6.07) is 10.7. The number of nitrogens with zero attached hydrogens (tertiary/aromatic N) is 1. The Morgan fingerprint density at radius 1 is 1.20 bits per heavy atom. The van der Waals surface area contributed by atoms with Crippen LogP contribution in [0.1, 0.15) is 22.8 Å². The van der Waals surface area contributed by atoms with Crippen LogP contribution in [0, 0.1) is 10.1 Å². The van der Waals surface area contributed by atoms with E-state index in [4.69, 9.17) is 10.5 Å². The van der Waals surface area contributed by atoms with E-state index in [9.17, 15) is 19.7 Å². The smallest absolute Gasteiger partial charge is 0.340 e. The molecule has 0 fully saturated rings. The van der Waals surface area contributed by atoms with Gasteiger partial charge in [0.05, 0.1) is 16.2 Å². The van der Waals surface area contributed by atoms with E-state index in [1.807, 2.05) is 19.1 Å². The molecule has 0 bridgehead atoms. The number of anilines is 2. The summed E-state index contributed by atoms with van der Waals surface area (Å²) in [5.41, 5.74) is 6.98. The predicted molar refractivity (Wildman–Crippen MR) is 92.2 cm³/mol. The molecular formula is C17H17N3O5. The highest BCUT2D eigenvalue weighted by molar-refractivity contribution is 5.98. The Balaban J connectivity index is 1.92. The number of amides is 1. The van der Waals surface area contributed by atoms with Gasteiger partial charge in [-0.1, -0.05) is 19.1 Å². The minimum absolute atomic E-state index is 0.0364. The lowest BCUT2D eigenvalue weighted by atomic mass is 10.1. The van der Waals surface area contributed by atoms with Gasteiger partial charge in [-0.25, -0.2) is 4.79 Å². The molecular weight excluding hydrogens is 326 g/mol. The summed E-state index contributed by atoms with van der Waals surface area (Å²) >= 11 is 0. The van der Waals surface area contributed by atoms with Crippen LogP contribution in [0.5, 0.6) is 0 Å². The molecule has 130 valence electrons. The summed E-state index contributed by atoms with van der Waals surface area (Å²) in [7, 11) is 0. The number of ether oxygens (including phenoxy) is 1. The van der Waals surface area contributed by atoms with Crippen molar-refractivity contribution in [2.45, 2.75) is 13.3 Å². The first kappa shape index (κ1) is 17.9. The van der Waals surface area contributed by atoms with Gasteiger partial charge in [-0.3, -0.25) is 14.9 Å². The zero-order valence-electron chi connectivity index (χ0n) is 13.5. The number of nitrogen functional groups attached to an aromatic ring is 1. The van der Waals surface area contributed by atoms with Crippen molar-refractivity contribution in [2.24, 2.45) is 0 Å². The number of aryl methyl sites for hydroxylation is 1. The van der Waals surface area contributed by atoms with Crippen LogP contribution in [-0.4, -0.2) is 23.4 Å². The van der Waals surface area contributed by atoms with Crippen LogP contribution in [-0.2, 0) is 16.0 Å². The average molecular weight is 343 g/mol. The number of esters is 1. The SMILES string of the molecule is CCc1ccc(NC(=O)COC(=O)c2ccc([N+](=O)[O-])cc2N)cc1. The van der Waals surface area contributed by atoms with Crippen LogP contribution < -0.4 is 11.1 Å². The highest BCUT2D eigenvalue weighted by atomic mass is 16.6. The molecule has 0 aliphatic rings. The molecule has 0 unspecified atom stereocenters. The molecule has 0 atom stereocenters. The predicted octanol–water partition coefficient (Wildman–Crippen LogP) is 2.53. The molecule has 0 aliphatic carbocycles. The normalized spacial score (nSPS) is 10.1. The monoisotopic (exact) mass is 343 g/mol. The molecule has 0 heterocycles. The largest absolute Gasteiger partial charge is 0.452 e. The lowest BCUT2D eigenvalue weighted by Crippen LogP contribution is -2.21. The summed E-state index contributed by atoms with van der Waals surface area (Å²) in [4.78, 5) is 33.8. The van der Waals surface area contributed by atoms with Crippen LogP contribution in [0.25, 0.3) is 0 Å². The molecule has 0 radical (unpaired) electrons. The minimum Gasteiger partial charge on any atom is -0.452 e. The first-order valence-electron chi connectivity index (χ1n) is 7.50. The Hall–Kier alpha value is -3.42. The summed E-state index contributed by atoms with van der Waals surface area (Å²) in [5.74, 6) is -1.33. The zero-order chi connectivity index (χ0) is 18.4. The Morgan fingerprint density at radius 2 is 1.88 bits per heavy atom. The van der Waals surface area contributed by atoms with E-state index in [0.29, 0.717) is 5.69 Å². The molecule has 2 aromatic rings. The fourth-order valence-electron chi connectivity index (χ4n) is 2.08. The maximum absolute atomic E-state index is 11.9. The Kier molecular flexibility index (Phi) is 5.67. The van der Waals surface area contributed by atoms with E-state index in [2.05, 4.69) is 5.32 Å². The summed E-state index contributed by atoms with van der Waals surface area (Å²) in [6.07, 6.45) is 0.891. The molecule has 1 amide bonds. The van der Waals surface area contributed by atoms with E-state index < -0.39 is 23.4 Å². The number of carbonyl (C=O) groups is 2. The van der Waals surface area contributed by atoms with Gasteiger partial charge in [0.1, 0.15) is 0 Å². The van der Waals surface area contributed by atoms with Crippen LogP contribution in [0.15, 0.2) is 42.5 Å². The number of nitro benzene ring substituents is 1. The zero-order valence-corrected chi connectivity index (χ0v) is 13.5. The second-order valence-corrected chi connectivity index (χ2v) is 5.20. The highest BCUT2D eigenvalue weighted by Gasteiger charge is 2.16. The van der Waals surface area contributed by atoms with Crippen molar-refractivity contribution in [2.75, 3.05) is 17.7 Å². The Bertz CT molecular complexity index is 802. The fraction of sp³-hybridized carbons (Fsp3) is 0.176. The lowest BCUT2D eigenvalue weighted by molar-refractivity contribution is -0.384. The standard InChI is InChI=1S/C17H17N3O5/c1-2-11-3-5-12(6-4-11)19-16(21)10-25-17(22)14-8-7-13(20(23)24)9-15(14)18/h3-9H,2,10,18H2,1H3,(H,19,21). The molecule has 0 aliphatic heterocycles. The molecule has 0 saturated heterocycles. The summed E-state index contributed by atoms with van der Waals surface area (Å²) in [6.45, 7) is 1.53. The molecule has 2 aromatic carbocycles. The molecule has 0 spiro atoms. The van der Waals surface area contributed by atoms with Gasteiger partial charge in [0.15, 0.2) is 6.61 Å². The van der Waals surface area contributed by atoms with Crippen LogP contribution in [0.2, 0.25) is 0 Å². The molecule has 8 heteroatoms. The van der Waals surface area contributed by atoms with Gasteiger partial charge >= 0.3 is 5.97 Å². The topological polar surface area (TPSA) is 125 Å². The van der Waals surface area contributed by atoms with Gasteiger partial charge in [0.25, 0.3) is 11.6 Å². The van der Waals surface area contributed by atoms with Crippen molar-refractivity contribution in [1.29, 1.82) is 0 Å². The third kappa shape index (κ3) is 4.77. The summed E-state index contributed by atoms with van der Waals surface area (Å²) in [5, 5.41) is 13.2. The first-order valence-corrected chi connectivity index (χ1v) is 7.50. The van der Waals surface area contributed by atoms with Crippen molar-refractivity contribution in [3.05, 3.63) is 63.7 Å². The van der Waals surface area contributed by atoms with Gasteiger partial charge in [0, 0.05) is 17.8 Å². The van der Waals surface area contributed by atoms with Crippen molar-refractivity contribution < 1.29 is 19.2 Å². The second-order valence-electron chi connectivity index (χ2n) is 5.20. The number of nitro groups is 1. The van der Waals surface area contributed by atoms with Gasteiger partial charge < -0.3 is 15.8 Å². The third-order valence-electron chi connectivity index (χ3n) is 3.45. The van der Waals surface area contributed by atoms with Gasteiger partial charge in [0.2, 0.25) is 0 Å². The van der Waals surface area contributed by atoms with Crippen molar-refractivity contribution in [3.63, 3.8) is 0 Å². The van der Waals surface area contributed by atoms with Gasteiger partial charge in [-0.2, -0.15) is 0 Å². The molecule has 2 rings (SSSR count). The maximum Gasteiger partial charge on any atom is 0.340 e. The van der Waals surface area contributed by atoms with Crippen LogP contribution in [0.3, 0.4) is 0 Å². The number of nitrogens with two attached hydrogens (primary N) is 1. The second kappa shape index (κ2) is 7.91. The molecule has 0 aromatic heterocycles. The van der Waals surface area contributed by atoms with Crippen molar-refractivity contribution >= 4 is 28.9 Å². The van der Waals surface area contributed by atoms with Gasteiger partial charge in [-0.05, 0) is 30.2 Å². The van der Waals surface area contributed by atoms with Crippen LogP contribution >= 0.6 is 0 Å².